The van der Waals surface area contributed by atoms with Crippen molar-refractivity contribution in [3.05, 3.63) is 30.3 Å². The van der Waals surface area contributed by atoms with Gasteiger partial charge >= 0.3 is 0 Å². The van der Waals surface area contributed by atoms with Crippen LogP contribution in [0, 0.1) is 0 Å². The van der Waals surface area contributed by atoms with Gasteiger partial charge in [-0.3, -0.25) is 4.79 Å². The molecule has 0 unspecified atom stereocenters. The van der Waals surface area contributed by atoms with Crippen molar-refractivity contribution in [2.45, 2.75) is 5.60 Å². The van der Waals surface area contributed by atoms with Crippen LogP contribution in [0.4, 0.5) is 0 Å². The second kappa shape index (κ2) is 7.40. The number of benzene rings is 1. The molecule has 1 aliphatic rings. The Balaban J connectivity index is 2.05. The number of amides is 1. The molecule has 0 bridgehead atoms. The largest absolute Gasteiger partial charge is 0.490 e. The van der Waals surface area contributed by atoms with Crippen LogP contribution in [0.5, 0.6) is 5.75 Å². The van der Waals surface area contributed by atoms with E-state index in [0.717, 1.165) is 5.75 Å². The Kier molecular flexibility index (Phi) is 5.55. The molecule has 1 aromatic rings. The Labute approximate surface area is 124 Å². The van der Waals surface area contributed by atoms with E-state index in [2.05, 4.69) is 0 Å². The van der Waals surface area contributed by atoms with E-state index in [1.807, 2.05) is 30.3 Å². The number of carbonyl (C=O) groups is 1. The molecule has 1 atom stereocenters. The van der Waals surface area contributed by atoms with E-state index in [4.69, 9.17) is 19.9 Å². The van der Waals surface area contributed by atoms with Crippen molar-refractivity contribution in [1.29, 1.82) is 0 Å². The Hall–Kier alpha value is -1.63. The number of para-hydroxylation sites is 1. The van der Waals surface area contributed by atoms with E-state index < -0.39 is 5.60 Å². The minimum absolute atomic E-state index is 0.0145. The van der Waals surface area contributed by atoms with Gasteiger partial charge in [-0.2, -0.15) is 0 Å². The van der Waals surface area contributed by atoms with Gasteiger partial charge in [0.15, 0.2) is 0 Å². The van der Waals surface area contributed by atoms with Crippen molar-refractivity contribution in [1.82, 2.24) is 4.90 Å². The number of ether oxygens (including phenoxy) is 3. The molecule has 0 aliphatic carbocycles. The highest BCUT2D eigenvalue weighted by atomic mass is 16.6. The molecule has 6 heteroatoms. The van der Waals surface area contributed by atoms with Crippen molar-refractivity contribution in [3.63, 3.8) is 0 Å². The van der Waals surface area contributed by atoms with Gasteiger partial charge in [0.1, 0.15) is 18.0 Å². The van der Waals surface area contributed by atoms with Crippen LogP contribution in [0.25, 0.3) is 0 Å². The first-order valence-electron chi connectivity index (χ1n) is 6.98. The number of rotatable bonds is 5. The average molecular weight is 294 g/mol. The van der Waals surface area contributed by atoms with E-state index >= 15 is 0 Å². The summed E-state index contributed by atoms with van der Waals surface area (Å²) in [5.74, 6) is 0.650. The molecular weight excluding hydrogens is 272 g/mol. The molecule has 0 saturated carbocycles. The quantitative estimate of drug-likeness (QED) is 0.843. The van der Waals surface area contributed by atoms with Gasteiger partial charge in [-0.25, -0.2) is 0 Å². The molecule has 2 rings (SSSR count). The van der Waals surface area contributed by atoms with Crippen LogP contribution in [-0.2, 0) is 14.3 Å². The molecule has 0 aromatic heterocycles. The summed E-state index contributed by atoms with van der Waals surface area (Å²) in [5, 5.41) is 0. The molecule has 0 spiro atoms. The molecule has 0 radical (unpaired) electrons. The van der Waals surface area contributed by atoms with Gasteiger partial charge in [-0.05, 0) is 12.1 Å². The van der Waals surface area contributed by atoms with E-state index in [1.54, 1.807) is 12.0 Å². The van der Waals surface area contributed by atoms with Crippen LogP contribution in [0.1, 0.15) is 0 Å². The molecule has 6 nitrogen and oxygen atoms in total. The predicted molar refractivity (Wildman–Crippen MR) is 78.1 cm³/mol. The van der Waals surface area contributed by atoms with Crippen LogP contribution >= 0.6 is 0 Å². The van der Waals surface area contributed by atoms with Crippen LogP contribution in [0.3, 0.4) is 0 Å². The average Bonchev–Trinajstić information content (AvgIpc) is 2.76. The summed E-state index contributed by atoms with van der Waals surface area (Å²) in [6, 6.07) is 9.49. The first kappa shape index (κ1) is 15.8. The molecule has 1 aliphatic heterocycles. The van der Waals surface area contributed by atoms with Gasteiger partial charge in [-0.15, -0.1) is 0 Å². The summed E-state index contributed by atoms with van der Waals surface area (Å²) in [7, 11) is 1.61. The standard InChI is InChI=1S/C15H22N2O4/c1-19-15(12-21-13-5-3-2-4-6-13)10-17(14(18)9-16)7-8-20-11-15/h2-6H,7-12,16H2,1H3/t15-/m1/s1. The number of nitrogens with two attached hydrogens (primary N) is 1. The third kappa shape index (κ3) is 4.17. The van der Waals surface area contributed by atoms with Crippen molar-refractivity contribution in [3.8, 4) is 5.75 Å². The van der Waals surface area contributed by atoms with Crippen molar-refractivity contribution >= 4 is 5.91 Å². The first-order chi connectivity index (χ1) is 10.2. The molecule has 1 heterocycles. The van der Waals surface area contributed by atoms with Crippen molar-refractivity contribution < 1.29 is 19.0 Å². The molecule has 1 aromatic carbocycles. The summed E-state index contributed by atoms with van der Waals surface area (Å²) in [6.07, 6.45) is 0. The minimum atomic E-state index is -0.683. The van der Waals surface area contributed by atoms with E-state index in [-0.39, 0.29) is 12.5 Å². The predicted octanol–water partition coefficient (Wildman–Crippen LogP) is 0.268. The van der Waals surface area contributed by atoms with Crippen LogP contribution in [0.15, 0.2) is 30.3 Å². The van der Waals surface area contributed by atoms with Crippen LogP contribution < -0.4 is 10.5 Å². The second-order valence-electron chi connectivity index (χ2n) is 5.06. The summed E-state index contributed by atoms with van der Waals surface area (Å²) in [6.45, 7) is 2.08. The lowest BCUT2D eigenvalue weighted by atomic mass is 10.1. The van der Waals surface area contributed by atoms with E-state index in [9.17, 15) is 4.79 Å². The maximum Gasteiger partial charge on any atom is 0.236 e. The van der Waals surface area contributed by atoms with Crippen molar-refractivity contribution in [2.24, 2.45) is 5.73 Å². The van der Waals surface area contributed by atoms with Gasteiger partial charge < -0.3 is 24.8 Å². The Morgan fingerprint density at radius 1 is 1.43 bits per heavy atom. The monoisotopic (exact) mass is 294 g/mol. The summed E-state index contributed by atoms with van der Waals surface area (Å²) in [4.78, 5) is 13.5. The Bertz CT molecular complexity index is 454. The number of carbonyl (C=O) groups excluding carboxylic acids is 1. The SMILES string of the molecule is CO[C@@]1(COc2ccccc2)COCCN(C(=O)CN)C1. The van der Waals surface area contributed by atoms with E-state index in [1.165, 1.54) is 0 Å². The van der Waals surface area contributed by atoms with Crippen molar-refractivity contribution in [2.75, 3.05) is 46.6 Å². The number of hydrogen-bond acceptors (Lipinski definition) is 5. The van der Waals surface area contributed by atoms with Gasteiger partial charge in [0.25, 0.3) is 0 Å². The fourth-order valence-corrected chi connectivity index (χ4v) is 2.25. The zero-order valence-corrected chi connectivity index (χ0v) is 12.3. The zero-order chi connectivity index (χ0) is 15.1. The molecule has 1 amide bonds. The number of nitrogens with zero attached hydrogens (tertiary/aromatic N) is 1. The Morgan fingerprint density at radius 2 is 2.19 bits per heavy atom. The highest BCUT2D eigenvalue weighted by Gasteiger charge is 2.37. The van der Waals surface area contributed by atoms with Gasteiger partial charge in [-0.1, -0.05) is 18.2 Å². The fourth-order valence-electron chi connectivity index (χ4n) is 2.25. The van der Waals surface area contributed by atoms with E-state index in [0.29, 0.717) is 32.9 Å². The topological polar surface area (TPSA) is 74.0 Å². The molecule has 116 valence electrons. The zero-order valence-electron chi connectivity index (χ0n) is 12.3. The summed E-state index contributed by atoms with van der Waals surface area (Å²) >= 11 is 0. The molecular formula is C15H22N2O4. The second-order valence-corrected chi connectivity index (χ2v) is 5.06. The van der Waals surface area contributed by atoms with Gasteiger partial charge in [0, 0.05) is 13.7 Å². The molecule has 2 N–H and O–H groups in total. The fraction of sp³-hybridized carbons (Fsp3) is 0.533. The van der Waals surface area contributed by atoms with Crippen LogP contribution in [0.2, 0.25) is 0 Å². The number of methoxy groups -OCH3 is 1. The smallest absolute Gasteiger partial charge is 0.236 e. The molecule has 1 fully saturated rings. The molecule has 1 saturated heterocycles. The number of hydrogen-bond donors (Lipinski definition) is 1. The van der Waals surface area contributed by atoms with Gasteiger partial charge in [0.2, 0.25) is 5.91 Å². The normalized spacial score (nSPS) is 22.7. The summed E-state index contributed by atoms with van der Waals surface area (Å²) < 4.78 is 17.0. The first-order valence-corrected chi connectivity index (χ1v) is 6.98. The lowest BCUT2D eigenvalue weighted by molar-refractivity contribution is -0.135. The van der Waals surface area contributed by atoms with Gasteiger partial charge in [0.05, 0.1) is 26.3 Å². The lowest BCUT2D eigenvalue weighted by Crippen LogP contribution is -2.52. The third-order valence-electron chi connectivity index (χ3n) is 3.56. The Morgan fingerprint density at radius 3 is 2.86 bits per heavy atom. The highest BCUT2D eigenvalue weighted by molar-refractivity contribution is 5.78. The summed E-state index contributed by atoms with van der Waals surface area (Å²) in [5.41, 5.74) is 4.76. The van der Waals surface area contributed by atoms with Crippen LogP contribution in [-0.4, -0.2) is 63.0 Å². The highest BCUT2D eigenvalue weighted by Crippen LogP contribution is 2.19. The maximum atomic E-state index is 11.8. The lowest BCUT2D eigenvalue weighted by Gasteiger charge is -2.33. The molecule has 21 heavy (non-hydrogen) atoms. The maximum absolute atomic E-state index is 11.8. The third-order valence-corrected chi connectivity index (χ3v) is 3.56. The minimum Gasteiger partial charge on any atom is -0.490 e.